The second kappa shape index (κ2) is 10.3. The van der Waals surface area contributed by atoms with E-state index in [2.05, 4.69) is 15.0 Å². The number of ether oxygens (including phenoxy) is 1. The number of hydrogen-bond acceptors (Lipinski definition) is 8. The first-order chi connectivity index (χ1) is 14.3. The Morgan fingerprint density at radius 1 is 1.27 bits per heavy atom. The molecule has 1 aromatic heterocycles. The predicted octanol–water partition coefficient (Wildman–Crippen LogP) is 4.28. The normalized spacial score (nSPS) is 21.4. The third-order valence-corrected chi connectivity index (χ3v) is 5.62. The summed E-state index contributed by atoms with van der Waals surface area (Å²) in [7, 11) is 0. The van der Waals surface area contributed by atoms with Crippen LogP contribution in [-0.2, 0) is 14.4 Å². The summed E-state index contributed by atoms with van der Waals surface area (Å²) >= 11 is 0. The quantitative estimate of drug-likeness (QED) is 0.629. The number of carbonyl (C=O) groups is 1. The van der Waals surface area contributed by atoms with Gasteiger partial charge in [0.15, 0.2) is 12.1 Å². The fourth-order valence-corrected chi connectivity index (χ4v) is 4.22. The number of rotatable bonds is 8. The fourth-order valence-electron chi connectivity index (χ4n) is 4.22. The highest BCUT2D eigenvalue weighted by Gasteiger charge is 2.35. The van der Waals surface area contributed by atoms with Gasteiger partial charge in [0.25, 0.3) is 0 Å². The number of aliphatic imine (C=N–C) groups is 1. The number of amidine groups is 1. The molecule has 1 fully saturated rings. The number of hydrogen-bond donors (Lipinski definition) is 1. The Morgan fingerprint density at radius 3 is 2.63 bits per heavy atom. The van der Waals surface area contributed by atoms with Gasteiger partial charge < -0.3 is 4.74 Å². The maximum absolute atomic E-state index is 12.5. The number of nitrogens with zero attached hydrogens (tertiary/aromatic N) is 4. The van der Waals surface area contributed by atoms with Crippen molar-refractivity contribution in [1.29, 1.82) is 0 Å². The standard InChI is InChI=1S/C22H34N4O4/c1-22(2,3)29-19(27)12-17(11-7-10-16-8-5-4-6-9-16)21-25-20(26(28)30-21)18-13-23-15-24-14-18/h13-17,21,28H,4-12H2,1-3H3/t17-,21?/m1/s1. The van der Waals surface area contributed by atoms with Gasteiger partial charge in [-0.05, 0) is 33.1 Å². The van der Waals surface area contributed by atoms with Gasteiger partial charge in [-0.25, -0.2) is 19.8 Å². The van der Waals surface area contributed by atoms with E-state index in [0.717, 1.165) is 25.2 Å². The third kappa shape index (κ3) is 6.74. The summed E-state index contributed by atoms with van der Waals surface area (Å²) in [6, 6.07) is 0. The first-order valence-electron chi connectivity index (χ1n) is 11.0. The Hall–Kier alpha value is -2.06. The molecule has 8 nitrogen and oxygen atoms in total. The lowest BCUT2D eigenvalue weighted by Crippen LogP contribution is -2.30. The van der Waals surface area contributed by atoms with Crippen LogP contribution < -0.4 is 0 Å². The minimum atomic E-state index is -0.649. The molecule has 166 valence electrons. The minimum absolute atomic E-state index is 0.180. The highest BCUT2D eigenvalue weighted by atomic mass is 16.9. The van der Waals surface area contributed by atoms with E-state index in [1.807, 2.05) is 20.8 Å². The fraction of sp³-hybridized carbons (Fsp3) is 0.727. The van der Waals surface area contributed by atoms with Gasteiger partial charge >= 0.3 is 5.97 Å². The number of aromatic nitrogens is 2. The first kappa shape index (κ1) is 22.6. The summed E-state index contributed by atoms with van der Waals surface area (Å²) in [5, 5.41) is 10.9. The predicted molar refractivity (Wildman–Crippen MR) is 111 cm³/mol. The van der Waals surface area contributed by atoms with Gasteiger partial charge in [-0.2, -0.15) is 0 Å². The van der Waals surface area contributed by atoms with E-state index in [0.29, 0.717) is 10.8 Å². The highest BCUT2D eigenvalue weighted by Crippen LogP contribution is 2.32. The molecule has 2 atom stereocenters. The average molecular weight is 419 g/mol. The molecule has 30 heavy (non-hydrogen) atoms. The molecule has 1 aliphatic carbocycles. The highest BCUT2D eigenvalue weighted by molar-refractivity contribution is 5.97. The van der Waals surface area contributed by atoms with Crippen LogP contribution in [0.1, 0.15) is 84.1 Å². The molecule has 2 heterocycles. The Morgan fingerprint density at radius 2 is 1.97 bits per heavy atom. The molecule has 3 rings (SSSR count). The van der Waals surface area contributed by atoms with Crippen LogP contribution in [-0.4, -0.2) is 44.0 Å². The van der Waals surface area contributed by atoms with E-state index in [-0.39, 0.29) is 24.1 Å². The molecule has 0 bridgehead atoms. The van der Waals surface area contributed by atoms with E-state index in [9.17, 15) is 10.0 Å². The Labute approximate surface area is 178 Å². The topological polar surface area (TPSA) is 97.1 Å². The summed E-state index contributed by atoms with van der Waals surface area (Å²) < 4.78 is 5.52. The smallest absolute Gasteiger partial charge is 0.306 e. The van der Waals surface area contributed by atoms with Crippen molar-refractivity contribution in [2.45, 2.75) is 90.4 Å². The van der Waals surface area contributed by atoms with Gasteiger partial charge in [0.2, 0.25) is 0 Å². The molecule has 2 aliphatic rings. The summed E-state index contributed by atoms with van der Waals surface area (Å²) in [6.45, 7) is 5.57. The molecule has 1 aliphatic heterocycles. The van der Waals surface area contributed by atoms with Gasteiger partial charge in [-0.3, -0.25) is 10.0 Å². The van der Waals surface area contributed by atoms with Crippen molar-refractivity contribution < 1.29 is 19.6 Å². The Balaban J connectivity index is 1.66. The molecule has 0 aromatic carbocycles. The molecular weight excluding hydrogens is 384 g/mol. The number of esters is 1. The molecule has 1 saturated carbocycles. The van der Waals surface area contributed by atoms with Crippen LogP contribution in [0.15, 0.2) is 23.7 Å². The monoisotopic (exact) mass is 418 g/mol. The molecule has 0 spiro atoms. The van der Waals surface area contributed by atoms with Gasteiger partial charge in [0, 0.05) is 18.3 Å². The lowest BCUT2D eigenvalue weighted by molar-refractivity contribution is -0.299. The summed E-state index contributed by atoms with van der Waals surface area (Å²) in [5.74, 6) is 0.576. The van der Waals surface area contributed by atoms with E-state index >= 15 is 0 Å². The summed E-state index contributed by atoms with van der Waals surface area (Å²) in [4.78, 5) is 30.6. The van der Waals surface area contributed by atoms with Crippen LogP contribution in [0, 0.1) is 11.8 Å². The van der Waals surface area contributed by atoms with E-state index in [1.54, 1.807) is 12.4 Å². The van der Waals surface area contributed by atoms with Gasteiger partial charge in [-0.1, -0.05) is 44.9 Å². The molecule has 0 amide bonds. The second-order valence-corrected chi connectivity index (χ2v) is 9.33. The van der Waals surface area contributed by atoms with Crippen LogP contribution in [0.5, 0.6) is 0 Å². The van der Waals surface area contributed by atoms with Crippen LogP contribution in [0.25, 0.3) is 0 Å². The zero-order chi connectivity index (χ0) is 21.6. The van der Waals surface area contributed by atoms with Crippen molar-refractivity contribution in [1.82, 2.24) is 15.2 Å². The SMILES string of the molecule is CC(C)(C)OC(=O)C[C@@H](CCCC1CCCCC1)C1N=C(c2cncnc2)N(O)O1. The van der Waals surface area contributed by atoms with E-state index in [4.69, 9.17) is 9.57 Å². The van der Waals surface area contributed by atoms with Crippen molar-refractivity contribution in [2.75, 3.05) is 0 Å². The molecule has 1 N–H and O–H groups in total. The van der Waals surface area contributed by atoms with Crippen LogP contribution in [0.4, 0.5) is 0 Å². The van der Waals surface area contributed by atoms with Crippen LogP contribution in [0.2, 0.25) is 0 Å². The van der Waals surface area contributed by atoms with Crippen molar-refractivity contribution in [2.24, 2.45) is 16.8 Å². The molecular formula is C22H34N4O4. The molecule has 8 heteroatoms. The average Bonchev–Trinajstić information content (AvgIpc) is 3.09. The molecule has 0 saturated heterocycles. The van der Waals surface area contributed by atoms with Crippen molar-refractivity contribution in [3.63, 3.8) is 0 Å². The zero-order valence-electron chi connectivity index (χ0n) is 18.3. The van der Waals surface area contributed by atoms with Crippen molar-refractivity contribution in [3.8, 4) is 0 Å². The Bertz CT molecular complexity index is 714. The van der Waals surface area contributed by atoms with Gasteiger partial charge in [-0.15, -0.1) is 5.23 Å². The summed E-state index contributed by atoms with van der Waals surface area (Å²) in [6.07, 6.45) is 13.6. The second-order valence-electron chi connectivity index (χ2n) is 9.33. The number of hydroxylamine groups is 2. The van der Waals surface area contributed by atoms with Gasteiger partial charge in [0.05, 0.1) is 12.0 Å². The van der Waals surface area contributed by atoms with Crippen LogP contribution in [0.3, 0.4) is 0 Å². The Kier molecular flexibility index (Phi) is 7.77. The third-order valence-electron chi connectivity index (χ3n) is 5.62. The first-order valence-corrected chi connectivity index (χ1v) is 11.0. The van der Waals surface area contributed by atoms with Crippen molar-refractivity contribution in [3.05, 3.63) is 24.3 Å². The minimum Gasteiger partial charge on any atom is -0.460 e. The van der Waals surface area contributed by atoms with E-state index in [1.165, 1.54) is 38.4 Å². The van der Waals surface area contributed by atoms with Gasteiger partial charge in [0.1, 0.15) is 11.9 Å². The molecule has 1 unspecified atom stereocenters. The van der Waals surface area contributed by atoms with Crippen molar-refractivity contribution >= 4 is 11.8 Å². The lowest BCUT2D eigenvalue weighted by Gasteiger charge is -2.25. The maximum Gasteiger partial charge on any atom is 0.306 e. The zero-order valence-corrected chi connectivity index (χ0v) is 18.3. The molecule has 0 radical (unpaired) electrons. The largest absolute Gasteiger partial charge is 0.460 e. The summed E-state index contributed by atoms with van der Waals surface area (Å²) in [5.41, 5.74) is 0.0136. The molecule has 1 aromatic rings. The van der Waals surface area contributed by atoms with E-state index < -0.39 is 11.8 Å². The van der Waals surface area contributed by atoms with Crippen LogP contribution >= 0.6 is 0 Å². The number of carbonyl (C=O) groups excluding carboxylic acids is 1. The maximum atomic E-state index is 12.5. The lowest BCUT2D eigenvalue weighted by atomic mass is 9.84.